The van der Waals surface area contributed by atoms with Crippen molar-refractivity contribution in [2.75, 3.05) is 40.3 Å². The van der Waals surface area contributed by atoms with Crippen LogP contribution in [0.4, 0.5) is 4.79 Å². The molecule has 0 radical (unpaired) electrons. The van der Waals surface area contributed by atoms with Crippen LogP contribution in [0.1, 0.15) is 24.1 Å². The topological polar surface area (TPSA) is 35.6 Å². The van der Waals surface area contributed by atoms with Crippen molar-refractivity contribution >= 4 is 17.4 Å². The Bertz CT molecular complexity index is 419. The van der Waals surface area contributed by atoms with Crippen molar-refractivity contribution in [1.82, 2.24) is 15.1 Å². The molecule has 0 bridgehead atoms. The zero-order chi connectivity index (χ0) is 14.5. The molecule has 0 aliphatic carbocycles. The zero-order valence-electron chi connectivity index (χ0n) is 12.6. The number of rotatable bonds is 5. The summed E-state index contributed by atoms with van der Waals surface area (Å²) >= 11 is 1.75. The number of likely N-dealkylation sites (tertiary alicyclic amines) is 1. The zero-order valence-corrected chi connectivity index (χ0v) is 13.4. The smallest absolute Gasteiger partial charge is 0.317 e. The van der Waals surface area contributed by atoms with Crippen LogP contribution in [0.3, 0.4) is 0 Å². The minimum Gasteiger partial charge on any atom is -0.337 e. The molecule has 2 heterocycles. The Morgan fingerprint density at radius 2 is 2.40 bits per heavy atom. The van der Waals surface area contributed by atoms with Crippen LogP contribution in [0.5, 0.6) is 0 Å². The first kappa shape index (κ1) is 15.3. The molecule has 0 saturated carbocycles. The molecule has 0 unspecified atom stereocenters. The first-order chi connectivity index (χ1) is 9.56. The summed E-state index contributed by atoms with van der Waals surface area (Å²) in [4.78, 5) is 17.6. The van der Waals surface area contributed by atoms with E-state index < -0.39 is 0 Å². The van der Waals surface area contributed by atoms with Gasteiger partial charge in [-0.3, -0.25) is 0 Å². The number of hydrogen-bond acceptors (Lipinski definition) is 3. The van der Waals surface area contributed by atoms with Gasteiger partial charge in [-0.15, -0.1) is 11.3 Å². The van der Waals surface area contributed by atoms with E-state index in [0.29, 0.717) is 18.4 Å². The second-order valence-corrected chi connectivity index (χ2v) is 6.94. The maximum atomic E-state index is 12.2. The highest BCUT2D eigenvalue weighted by molar-refractivity contribution is 7.10. The summed E-state index contributed by atoms with van der Waals surface area (Å²) in [6, 6.07) is 4.28. The van der Waals surface area contributed by atoms with E-state index in [9.17, 15) is 4.79 Å². The number of urea groups is 1. The molecule has 1 aromatic rings. The first-order valence-corrected chi connectivity index (χ1v) is 8.15. The lowest BCUT2D eigenvalue weighted by Crippen LogP contribution is -2.40. The van der Waals surface area contributed by atoms with Gasteiger partial charge >= 0.3 is 6.03 Å². The number of nitrogens with zero attached hydrogens (tertiary/aromatic N) is 2. The van der Waals surface area contributed by atoms with Crippen LogP contribution in [0.25, 0.3) is 0 Å². The van der Waals surface area contributed by atoms with E-state index in [1.54, 1.807) is 11.3 Å². The largest absolute Gasteiger partial charge is 0.337 e. The summed E-state index contributed by atoms with van der Waals surface area (Å²) in [5, 5.41) is 5.15. The van der Waals surface area contributed by atoms with Crippen LogP contribution in [0.2, 0.25) is 0 Å². The fourth-order valence-corrected chi connectivity index (χ4v) is 3.49. The van der Waals surface area contributed by atoms with Crippen LogP contribution in [-0.4, -0.2) is 56.1 Å². The second-order valence-electron chi connectivity index (χ2n) is 5.97. The maximum Gasteiger partial charge on any atom is 0.317 e. The minimum absolute atomic E-state index is 0.0923. The van der Waals surface area contributed by atoms with Gasteiger partial charge in [0.2, 0.25) is 0 Å². The molecule has 4 nitrogen and oxygen atoms in total. The SMILES string of the molecule is C[C@H](CNC(=O)N1CC[C@H](CN(C)C)C1)c1cccs1. The molecular weight excluding hydrogens is 270 g/mol. The standard InChI is InChI=1S/C15H25N3OS/c1-12(14-5-4-8-20-14)9-16-15(19)18-7-6-13(11-18)10-17(2)3/h4-5,8,12-13H,6-7,9-11H2,1-3H3,(H,16,19)/t12-,13-/m1/s1. The number of hydrogen-bond donors (Lipinski definition) is 1. The molecule has 1 fully saturated rings. The Morgan fingerprint density at radius 3 is 3.05 bits per heavy atom. The predicted molar refractivity (Wildman–Crippen MR) is 84.4 cm³/mol. The Kier molecular flexibility index (Phi) is 5.43. The third-order valence-electron chi connectivity index (χ3n) is 3.78. The molecule has 2 amide bonds. The Morgan fingerprint density at radius 1 is 1.60 bits per heavy atom. The number of carbonyl (C=O) groups excluding carboxylic acids is 1. The molecule has 0 spiro atoms. The Labute approximate surface area is 125 Å². The van der Waals surface area contributed by atoms with Gasteiger partial charge in [-0.1, -0.05) is 13.0 Å². The monoisotopic (exact) mass is 295 g/mol. The fraction of sp³-hybridized carbons (Fsp3) is 0.667. The summed E-state index contributed by atoms with van der Waals surface area (Å²) in [7, 11) is 4.18. The molecule has 1 N–H and O–H groups in total. The van der Waals surface area contributed by atoms with Crippen LogP contribution in [0.15, 0.2) is 17.5 Å². The van der Waals surface area contributed by atoms with Gasteiger partial charge in [0.1, 0.15) is 0 Å². The van der Waals surface area contributed by atoms with Crippen molar-refractivity contribution in [3.63, 3.8) is 0 Å². The van der Waals surface area contributed by atoms with Gasteiger partial charge in [0.05, 0.1) is 0 Å². The number of thiophene rings is 1. The maximum absolute atomic E-state index is 12.2. The van der Waals surface area contributed by atoms with Crippen LogP contribution < -0.4 is 5.32 Å². The number of amides is 2. The molecule has 2 atom stereocenters. The highest BCUT2D eigenvalue weighted by Gasteiger charge is 2.26. The molecule has 112 valence electrons. The number of carbonyl (C=O) groups is 1. The third-order valence-corrected chi connectivity index (χ3v) is 4.89. The summed E-state index contributed by atoms with van der Waals surface area (Å²) < 4.78 is 0. The van der Waals surface area contributed by atoms with E-state index in [1.807, 2.05) is 4.90 Å². The minimum atomic E-state index is 0.0923. The lowest BCUT2D eigenvalue weighted by molar-refractivity contribution is 0.205. The predicted octanol–water partition coefficient (Wildman–Crippen LogP) is 2.44. The average molecular weight is 295 g/mol. The molecular formula is C15H25N3OS. The molecule has 1 aliphatic heterocycles. The highest BCUT2D eigenvalue weighted by Crippen LogP contribution is 2.20. The molecule has 0 aromatic carbocycles. The van der Waals surface area contributed by atoms with Crippen LogP contribution in [0, 0.1) is 5.92 Å². The normalized spacial score (nSPS) is 20.4. The van der Waals surface area contributed by atoms with E-state index in [0.717, 1.165) is 26.1 Å². The van der Waals surface area contributed by atoms with Crippen LogP contribution in [-0.2, 0) is 0 Å². The van der Waals surface area contributed by atoms with E-state index >= 15 is 0 Å². The lowest BCUT2D eigenvalue weighted by atomic mass is 10.1. The van der Waals surface area contributed by atoms with Crippen LogP contribution >= 0.6 is 11.3 Å². The summed E-state index contributed by atoms with van der Waals surface area (Å²) in [5.74, 6) is 1.00. The van der Waals surface area contributed by atoms with Crippen molar-refractivity contribution in [1.29, 1.82) is 0 Å². The van der Waals surface area contributed by atoms with Gasteiger partial charge in [-0.25, -0.2) is 4.79 Å². The van der Waals surface area contributed by atoms with E-state index in [2.05, 4.69) is 48.7 Å². The molecule has 2 rings (SSSR count). The van der Waals surface area contributed by atoms with Gasteiger partial charge < -0.3 is 15.1 Å². The Hall–Kier alpha value is -1.07. The Balaban J connectivity index is 1.73. The molecule has 20 heavy (non-hydrogen) atoms. The fourth-order valence-electron chi connectivity index (χ4n) is 2.71. The molecule has 1 saturated heterocycles. The van der Waals surface area contributed by atoms with Crippen molar-refractivity contribution in [2.45, 2.75) is 19.3 Å². The van der Waals surface area contributed by atoms with Gasteiger partial charge in [0, 0.05) is 37.0 Å². The van der Waals surface area contributed by atoms with E-state index in [1.165, 1.54) is 4.88 Å². The summed E-state index contributed by atoms with van der Waals surface area (Å²) in [6.45, 7) is 5.71. The quantitative estimate of drug-likeness (QED) is 0.905. The van der Waals surface area contributed by atoms with Gasteiger partial charge in [-0.2, -0.15) is 0 Å². The van der Waals surface area contributed by atoms with E-state index in [-0.39, 0.29) is 6.03 Å². The average Bonchev–Trinajstić information content (AvgIpc) is 3.05. The van der Waals surface area contributed by atoms with Crippen molar-refractivity contribution in [3.8, 4) is 0 Å². The van der Waals surface area contributed by atoms with Crippen molar-refractivity contribution in [2.24, 2.45) is 5.92 Å². The summed E-state index contributed by atoms with van der Waals surface area (Å²) in [5.41, 5.74) is 0. The van der Waals surface area contributed by atoms with Crippen molar-refractivity contribution in [3.05, 3.63) is 22.4 Å². The summed E-state index contributed by atoms with van der Waals surface area (Å²) in [6.07, 6.45) is 1.12. The highest BCUT2D eigenvalue weighted by atomic mass is 32.1. The van der Waals surface area contributed by atoms with Gasteiger partial charge in [-0.05, 0) is 37.9 Å². The number of nitrogens with one attached hydrogen (secondary N) is 1. The van der Waals surface area contributed by atoms with Gasteiger partial charge in [0.25, 0.3) is 0 Å². The third kappa shape index (κ3) is 4.21. The second kappa shape index (κ2) is 7.09. The molecule has 5 heteroatoms. The van der Waals surface area contributed by atoms with E-state index in [4.69, 9.17) is 0 Å². The lowest BCUT2D eigenvalue weighted by Gasteiger charge is -2.20. The molecule has 1 aliphatic rings. The molecule has 1 aromatic heterocycles. The van der Waals surface area contributed by atoms with Crippen molar-refractivity contribution < 1.29 is 4.79 Å². The van der Waals surface area contributed by atoms with Gasteiger partial charge in [0.15, 0.2) is 0 Å². The first-order valence-electron chi connectivity index (χ1n) is 7.27.